The fraction of sp³-hybridized carbons (Fsp3) is 1.00. The van der Waals surface area contributed by atoms with Gasteiger partial charge in [0.2, 0.25) is 0 Å². The van der Waals surface area contributed by atoms with E-state index in [-0.39, 0.29) is 17.4 Å². The first-order valence-corrected chi connectivity index (χ1v) is 9.40. The Kier molecular flexibility index (Phi) is 6.90. The third-order valence-electron chi connectivity index (χ3n) is 5.83. The Morgan fingerprint density at radius 1 is 0.870 bits per heavy atom. The molecule has 0 aromatic rings. The molecule has 136 valence electrons. The summed E-state index contributed by atoms with van der Waals surface area (Å²) < 4.78 is 11.4. The van der Waals surface area contributed by atoms with Gasteiger partial charge in [0.1, 0.15) is 0 Å². The molecule has 6 unspecified atom stereocenters. The topological polar surface area (TPSA) is 62.2 Å². The number of ether oxygens (including phenoxy) is 2. The lowest BCUT2D eigenvalue weighted by Gasteiger charge is -2.36. The van der Waals surface area contributed by atoms with Crippen LogP contribution in [0.4, 0.5) is 0 Å². The van der Waals surface area contributed by atoms with Crippen LogP contribution in [0.3, 0.4) is 0 Å². The number of hydrogen-bond donors (Lipinski definition) is 2. The van der Waals surface area contributed by atoms with Crippen molar-refractivity contribution in [1.29, 1.82) is 0 Å². The molecule has 4 heteroatoms. The number of aliphatic hydroxyl groups excluding tert-OH is 2. The lowest BCUT2D eigenvalue weighted by Crippen LogP contribution is -2.36. The van der Waals surface area contributed by atoms with Crippen molar-refractivity contribution >= 4 is 0 Å². The van der Waals surface area contributed by atoms with Crippen molar-refractivity contribution in [3.63, 3.8) is 0 Å². The average molecular weight is 328 g/mol. The number of aliphatic hydroxyl groups is 2. The van der Waals surface area contributed by atoms with Crippen LogP contribution >= 0.6 is 0 Å². The SMILES string of the molecule is CC1CCCC2OC2CCOCCC(O)C(C)(C)CC(C)C1O. The molecule has 0 spiro atoms. The van der Waals surface area contributed by atoms with Crippen molar-refractivity contribution in [2.24, 2.45) is 17.3 Å². The van der Waals surface area contributed by atoms with Crippen LogP contribution in [0.2, 0.25) is 0 Å². The van der Waals surface area contributed by atoms with Crippen molar-refractivity contribution in [2.45, 2.75) is 90.6 Å². The van der Waals surface area contributed by atoms with E-state index in [1.54, 1.807) is 0 Å². The number of epoxide rings is 1. The molecule has 0 saturated carbocycles. The molecular formula is C19H36O4. The van der Waals surface area contributed by atoms with Crippen LogP contribution < -0.4 is 0 Å². The predicted octanol–water partition coefficient (Wildman–Crippen LogP) is 3.14. The molecule has 0 bridgehead atoms. The third kappa shape index (κ3) is 5.70. The van der Waals surface area contributed by atoms with Gasteiger partial charge in [-0.05, 0) is 49.4 Å². The highest BCUT2D eigenvalue weighted by Crippen LogP contribution is 2.35. The Bertz CT molecular complexity index is 357. The molecule has 2 aliphatic rings. The first-order valence-electron chi connectivity index (χ1n) is 9.40. The molecule has 0 aromatic carbocycles. The van der Waals surface area contributed by atoms with Crippen molar-refractivity contribution in [3.05, 3.63) is 0 Å². The largest absolute Gasteiger partial charge is 0.393 e. The first-order chi connectivity index (χ1) is 10.8. The summed E-state index contributed by atoms with van der Waals surface area (Å²) in [6, 6.07) is 0. The van der Waals surface area contributed by atoms with Gasteiger partial charge in [0.25, 0.3) is 0 Å². The highest BCUT2D eigenvalue weighted by atomic mass is 16.6. The summed E-state index contributed by atoms with van der Waals surface area (Å²) in [7, 11) is 0. The zero-order valence-corrected chi connectivity index (χ0v) is 15.3. The zero-order valence-electron chi connectivity index (χ0n) is 15.3. The van der Waals surface area contributed by atoms with Crippen LogP contribution in [0.1, 0.15) is 66.2 Å². The average Bonchev–Trinajstić information content (AvgIpc) is 3.22. The molecule has 0 amide bonds. The van der Waals surface area contributed by atoms with Crippen LogP contribution in [0.15, 0.2) is 0 Å². The van der Waals surface area contributed by atoms with Gasteiger partial charge in [0.05, 0.1) is 24.4 Å². The smallest absolute Gasteiger partial charge is 0.0863 e. The molecule has 0 aliphatic carbocycles. The summed E-state index contributed by atoms with van der Waals surface area (Å²) in [5.41, 5.74) is -0.203. The van der Waals surface area contributed by atoms with Crippen LogP contribution in [0.25, 0.3) is 0 Å². The second-order valence-corrected chi connectivity index (χ2v) is 8.49. The molecule has 2 saturated heterocycles. The Balaban J connectivity index is 1.94. The molecule has 6 atom stereocenters. The van der Waals surface area contributed by atoms with Crippen LogP contribution in [-0.2, 0) is 9.47 Å². The Morgan fingerprint density at radius 2 is 1.52 bits per heavy atom. The maximum atomic E-state index is 10.6. The van der Waals surface area contributed by atoms with Crippen LogP contribution in [0, 0.1) is 17.3 Å². The van der Waals surface area contributed by atoms with E-state index < -0.39 is 6.10 Å². The van der Waals surface area contributed by atoms with Crippen molar-refractivity contribution in [1.82, 2.24) is 0 Å². The van der Waals surface area contributed by atoms with Gasteiger partial charge in [0, 0.05) is 13.2 Å². The second kappa shape index (κ2) is 8.28. The van der Waals surface area contributed by atoms with Crippen LogP contribution in [0.5, 0.6) is 0 Å². The summed E-state index contributed by atoms with van der Waals surface area (Å²) in [5, 5.41) is 21.1. The van der Waals surface area contributed by atoms with Gasteiger partial charge in [-0.15, -0.1) is 0 Å². The first kappa shape index (κ1) is 19.2. The second-order valence-electron chi connectivity index (χ2n) is 8.49. The third-order valence-corrected chi connectivity index (χ3v) is 5.83. The van der Waals surface area contributed by atoms with Gasteiger partial charge in [0.15, 0.2) is 0 Å². The Morgan fingerprint density at radius 3 is 2.26 bits per heavy atom. The summed E-state index contributed by atoms with van der Waals surface area (Å²) in [5.74, 6) is 0.486. The number of fused-ring (bicyclic) bond motifs is 1. The molecule has 2 aliphatic heterocycles. The van der Waals surface area contributed by atoms with Gasteiger partial charge < -0.3 is 19.7 Å². The fourth-order valence-corrected chi connectivity index (χ4v) is 4.03. The monoisotopic (exact) mass is 328 g/mol. The van der Waals surface area contributed by atoms with E-state index >= 15 is 0 Å². The molecular weight excluding hydrogens is 292 g/mol. The Hall–Kier alpha value is -0.160. The van der Waals surface area contributed by atoms with E-state index in [0.29, 0.717) is 31.2 Å². The minimum Gasteiger partial charge on any atom is -0.393 e. The molecule has 2 N–H and O–H groups in total. The number of rotatable bonds is 0. The van der Waals surface area contributed by atoms with Gasteiger partial charge in [-0.1, -0.05) is 34.1 Å². The van der Waals surface area contributed by atoms with E-state index in [9.17, 15) is 10.2 Å². The predicted molar refractivity (Wildman–Crippen MR) is 91.3 cm³/mol. The van der Waals surface area contributed by atoms with Crippen molar-refractivity contribution in [3.8, 4) is 0 Å². The molecule has 0 radical (unpaired) electrons. The van der Waals surface area contributed by atoms with E-state index in [0.717, 1.165) is 38.7 Å². The van der Waals surface area contributed by atoms with Gasteiger partial charge in [-0.2, -0.15) is 0 Å². The van der Waals surface area contributed by atoms with Gasteiger partial charge in [-0.3, -0.25) is 0 Å². The molecule has 0 aromatic heterocycles. The van der Waals surface area contributed by atoms with Crippen molar-refractivity contribution < 1.29 is 19.7 Å². The quantitative estimate of drug-likeness (QED) is 0.671. The molecule has 23 heavy (non-hydrogen) atoms. The normalized spacial score (nSPS) is 43.6. The molecule has 4 nitrogen and oxygen atoms in total. The highest BCUT2D eigenvalue weighted by molar-refractivity contribution is 4.86. The fourth-order valence-electron chi connectivity index (χ4n) is 4.03. The van der Waals surface area contributed by atoms with Crippen LogP contribution in [-0.4, -0.2) is 47.8 Å². The van der Waals surface area contributed by atoms with E-state index in [4.69, 9.17) is 9.47 Å². The molecule has 2 rings (SSSR count). The zero-order chi connectivity index (χ0) is 17.0. The summed E-state index contributed by atoms with van der Waals surface area (Å²) in [6.07, 6.45) is 5.75. The van der Waals surface area contributed by atoms with Crippen molar-refractivity contribution in [2.75, 3.05) is 13.2 Å². The summed E-state index contributed by atoms with van der Waals surface area (Å²) in [4.78, 5) is 0. The summed E-state index contributed by atoms with van der Waals surface area (Å²) in [6.45, 7) is 9.76. The number of hydrogen-bond acceptors (Lipinski definition) is 4. The Labute approximate surface area is 141 Å². The standard InChI is InChI=1S/C19H36O4/c1-13-6-5-7-15-16(23-15)8-10-22-11-9-17(20)19(3,4)12-14(2)18(13)21/h13-18,20-21H,5-12H2,1-4H3. The van der Waals surface area contributed by atoms with Gasteiger partial charge >= 0.3 is 0 Å². The summed E-state index contributed by atoms with van der Waals surface area (Å²) >= 11 is 0. The van der Waals surface area contributed by atoms with E-state index in [1.807, 2.05) is 0 Å². The molecule has 2 fully saturated rings. The van der Waals surface area contributed by atoms with E-state index in [1.165, 1.54) is 0 Å². The minimum atomic E-state index is -0.398. The molecule has 2 heterocycles. The maximum Gasteiger partial charge on any atom is 0.0863 e. The maximum absolute atomic E-state index is 10.6. The highest BCUT2D eigenvalue weighted by Gasteiger charge is 2.38. The van der Waals surface area contributed by atoms with E-state index in [2.05, 4.69) is 27.7 Å². The minimum absolute atomic E-state index is 0.188. The lowest BCUT2D eigenvalue weighted by atomic mass is 9.74. The lowest BCUT2D eigenvalue weighted by molar-refractivity contribution is -0.0213. The van der Waals surface area contributed by atoms with Gasteiger partial charge in [-0.25, -0.2) is 0 Å².